The summed E-state index contributed by atoms with van der Waals surface area (Å²) in [4.78, 5) is 14.3. The van der Waals surface area contributed by atoms with Crippen molar-refractivity contribution < 1.29 is 13.2 Å². The molecule has 0 radical (unpaired) electrons. The van der Waals surface area contributed by atoms with E-state index in [2.05, 4.69) is 15.9 Å². The molecule has 26 heavy (non-hydrogen) atoms. The van der Waals surface area contributed by atoms with Crippen LogP contribution in [0.5, 0.6) is 0 Å². The lowest BCUT2D eigenvalue weighted by molar-refractivity contribution is -0.118. The molecule has 0 aromatic heterocycles. The molecule has 0 aliphatic rings. The summed E-state index contributed by atoms with van der Waals surface area (Å²) >= 11 is 3.29. The number of halogens is 1. The molecule has 2 aromatic carbocycles. The average molecular weight is 439 g/mol. The highest BCUT2D eigenvalue weighted by atomic mass is 79.9. The Balaban J connectivity index is 2.21. The number of hydrogen-bond acceptors (Lipinski definition) is 3. The second kappa shape index (κ2) is 8.33. The van der Waals surface area contributed by atoms with Crippen molar-refractivity contribution in [1.29, 1.82) is 0 Å². The van der Waals surface area contributed by atoms with Gasteiger partial charge in [0.15, 0.2) is 0 Å². The van der Waals surface area contributed by atoms with Gasteiger partial charge in [-0.05, 0) is 61.4 Å². The third-order valence-electron chi connectivity index (χ3n) is 4.37. The molecule has 0 unspecified atom stereocenters. The molecular weight excluding hydrogens is 416 g/mol. The van der Waals surface area contributed by atoms with Crippen LogP contribution in [0.3, 0.4) is 0 Å². The van der Waals surface area contributed by atoms with Crippen LogP contribution < -0.4 is 4.90 Å². The number of hydrogen-bond donors (Lipinski definition) is 0. The molecule has 7 heteroatoms. The Morgan fingerprint density at radius 2 is 1.65 bits per heavy atom. The van der Waals surface area contributed by atoms with Crippen molar-refractivity contribution >= 4 is 37.5 Å². The van der Waals surface area contributed by atoms with Gasteiger partial charge < -0.3 is 4.90 Å². The molecule has 0 atom stereocenters. The fraction of sp³-hybridized carbons (Fsp3) is 0.316. The van der Waals surface area contributed by atoms with Crippen molar-refractivity contribution in [3.8, 4) is 0 Å². The number of sulfonamides is 1. The summed E-state index contributed by atoms with van der Waals surface area (Å²) in [6, 6.07) is 12.1. The third-order valence-corrected chi connectivity index (χ3v) is 6.83. The van der Waals surface area contributed by atoms with Gasteiger partial charge in [0.05, 0.1) is 11.4 Å². The van der Waals surface area contributed by atoms with Crippen LogP contribution in [0.4, 0.5) is 5.69 Å². The molecule has 0 saturated carbocycles. The molecule has 0 bridgehead atoms. The second-order valence-electron chi connectivity index (χ2n) is 6.11. The number of amides is 1. The average Bonchev–Trinajstić information content (AvgIpc) is 2.61. The molecule has 0 aliphatic carbocycles. The van der Waals surface area contributed by atoms with E-state index in [4.69, 9.17) is 0 Å². The molecule has 5 nitrogen and oxygen atoms in total. The zero-order valence-electron chi connectivity index (χ0n) is 15.4. The van der Waals surface area contributed by atoms with Gasteiger partial charge in [-0.15, -0.1) is 0 Å². The minimum Gasteiger partial charge on any atom is -0.314 e. The Bertz CT molecular complexity index is 896. The van der Waals surface area contributed by atoms with Gasteiger partial charge in [-0.25, -0.2) is 8.42 Å². The van der Waals surface area contributed by atoms with E-state index in [1.165, 1.54) is 21.3 Å². The van der Waals surface area contributed by atoms with Gasteiger partial charge in [-0.3, -0.25) is 4.79 Å². The molecule has 0 heterocycles. The minimum absolute atomic E-state index is 0.171. The number of rotatable bonds is 6. The molecule has 140 valence electrons. The summed E-state index contributed by atoms with van der Waals surface area (Å²) in [5.41, 5.74) is 2.97. The number of carbonyl (C=O) groups excluding carboxylic acids is 1. The van der Waals surface area contributed by atoms with Gasteiger partial charge >= 0.3 is 0 Å². The van der Waals surface area contributed by atoms with E-state index in [1.807, 2.05) is 32.0 Å². The highest BCUT2D eigenvalue weighted by Gasteiger charge is 2.26. The maximum absolute atomic E-state index is 12.8. The van der Waals surface area contributed by atoms with E-state index in [0.29, 0.717) is 0 Å². The first-order valence-electron chi connectivity index (χ1n) is 8.26. The van der Waals surface area contributed by atoms with E-state index < -0.39 is 10.0 Å². The van der Waals surface area contributed by atoms with Crippen molar-refractivity contribution in [2.45, 2.75) is 25.7 Å². The Morgan fingerprint density at radius 3 is 2.19 bits per heavy atom. The van der Waals surface area contributed by atoms with E-state index in [9.17, 15) is 13.2 Å². The Hall–Kier alpha value is -1.70. The molecule has 0 spiro atoms. The van der Waals surface area contributed by atoms with Gasteiger partial charge in [0.1, 0.15) is 0 Å². The predicted molar refractivity (Wildman–Crippen MR) is 108 cm³/mol. The molecule has 0 aliphatic heterocycles. The topological polar surface area (TPSA) is 57.7 Å². The zero-order valence-corrected chi connectivity index (χ0v) is 17.8. The molecule has 0 N–H and O–H groups in total. The lowest BCUT2D eigenvalue weighted by Crippen LogP contribution is -2.41. The summed E-state index contributed by atoms with van der Waals surface area (Å²) in [7, 11) is -2.07. The minimum atomic E-state index is -3.73. The van der Waals surface area contributed by atoms with Crippen LogP contribution >= 0.6 is 15.9 Å². The maximum atomic E-state index is 12.8. The largest absolute Gasteiger partial charge is 0.314 e. The maximum Gasteiger partial charge on any atom is 0.243 e. The van der Waals surface area contributed by atoms with E-state index in [0.717, 1.165) is 21.3 Å². The van der Waals surface area contributed by atoms with E-state index in [1.54, 1.807) is 26.1 Å². The van der Waals surface area contributed by atoms with Crippen LogP contribution in [0, 0.1) is 13.8 Å². The van der Waals surface area contributed by atoms with Crippen LogP contribution in [0.15, 0.2) is 51.8 Å². The molecule has 0 fully saturated rings. The number of nitrogens with zero attached hydrogens (tertiary/aromatic N) is 2. The van der Waals surface area contributed by atoms with Crippen LogP contribution in [-0.2, 0) is 14.8 Å². The van der Waals surface area contributed by atoms with Crippen molar-refractivity contribution in [1.82, 2.24) is 4.31 Å². The fourth-order valence-electron chi connectivity index (χ4n) is 2.46. The van der Waals surface area contributed by atoms with Gasteiger partial charge in [-0.1, -0.05) is 28.9 Å². The molecule has 1 amide bonds. The number of anilines is 1. The highest BCUT2D eigenvalue weighted by molar-refractivity contribution is 9.10. The highest BCUT2D eigenvalue weighted by Crippen LogP contribution is 2.21. The van der Waals surface area contributed by atoms with Crippen LogP contribution in [0.2, 0.25) is 0 Å². The lowest BCUT2D eigenvalue weighted by atomic mass is 10.1. The molecular formula is C19H23BrN2O3S. The van der Waals surface area contributed by atoms with Crippen molar-refractivity contribution in [2.75, 3.05) is 25.0 Å². The predicted octanol–water partition coefficient (Wildman–Crippen LogP) is 3.74. The Labute approximate surface area is 163 Å². The molecule has 2 rings (SSSR count). The summed E-state index contributed by atoms with van der Waals surface area (Å²) in [6.45, 7) is 5.71. The van der Waals surface area contributed by atoms with Gasteiger partial charge in [-0.2, -0.15) is 4.31 Å². The summed E-state index contributed by atoms with van der Waals surface area (Å²) in [5, 5.41) is 0. The summed E-state index contributed by atoms with van der Waals surface area (Å²) in [5.74, 6) is -0.282. The normalized spacial score (nSPS) is 11.6. The SMILES string of the molecule is CCN(CC(=O)N(C)c1ccc(C)c(C)c1)S(=O)(=O)c1ccc(Br)cc1. The third kappa shape index (κ3) is 4.52. The van der Waals surface area contributed by atoms with Gasteiger partial charge in [0.25, 0.3) is 0 Å². The molecule has 2 aromatic rings. The number of aryl methyl sites for hydroxylation is 2. The first-order valence-corrected chi connectivity index (χ1v) is 10.5. The van der Waals surface area contributed by atoms with E-state index in [-0.39, 0.29) is 23.9 Å². The van der Waals surface area contributed by atoms with Crippen molar-refractivity contribution in [3.05, 3.63) is 58.1 Å². The first-order chi connectivity index (χ1) is 12.2. The first kappa shape index (κ1) is 20.6. The summed E-state index contributed by atoms with van der Waals surface area (Å²) < 4.78 is 27.6. The monoisotopic (exact) mass is 438 g/mol. The smallest absolute Gasteiger partial charge is 0.243 e. The van der Waals surface area contributed by atoms with Crippen molar-refractivity contribution in [3.63, 3.8) is 0 Å². The Kier molecular flexibility index (Phi) is 6.60. The summed E-state index contributed by atoms with van der Waals surface area (Å²) in [6.07, 6.45) is 0. The lowest BCUT2D eigenvalue weighted by Gasteiger charge is -2.24. The van der Waals surface area contributed by atoms with Gasteiger partial charge in [0.2, 0.25) is 15.9 Å². The molecule has 0 saturated heterocycles. The zero-order chi connectivity index (χ0) is 19.5. The Morgan fingerprint density at radius 1 is 1.04 bits per heavy atom. The second-order valence-corrected chi connectivity index (χ2v) is 8.96. The quantitative estimate of drug-likeness (QED) is 0.689. The van der Waals surface area contributed by atoms with E-state index >= 15 is 0 Å². The number of carbonyl (C=O) groups is 1. The number of likely N-dealkylation sites (N-methyl/N-ethyl adjacent to an activating group) is 2. The van der Waals surface area contributed by atoms with Crippen LogP contribution in [0.25, 0.3) is 0 Å². The van der Waals surface area contributed by atoms with Gasteiger partial charge in [0, 0.05) is 23.8 Å². The number of benzene rings is 2. The van der Waals surface area contributed by atoms with Crippen LogP contribution in [-0.4, -0.2) is 38.8 Å². The van der Waals surface area contributed by atoms with Crippen molar-refractivity contribution in [2.24, 2.45) is 0 Å². The standard InChI is InChI=1S/C19H23BrN2O3S/c1-5-22(26(24,25)18-10-7-16(20)8-11-18)13-19(23)21(4)17-9-6-14(2)15(3)12-17/h6-12H,5,13H2,1-4H3. The van der Waals surface area contributed by atoms with Crippen LogP contribution in [0.1, 0.15) is 18.1 Å². The fourth-order valence-corrected chi connectivity index (χ4v) is 4.12.